The maximum atomic E-state index is 13.6. The second kappa shape index (κ2) is 11.5. The van der Waals surface area contributed by atoms with Gasteiger partial charge in [-0.3, -0.25) is 14.4 Å². The molecule has 0 bridgehead atoms. The van der Waals surface area contributed by atoms with E-state index in [1.165, 1.54) is 14.0 Å². The third-order valence-corrected chi connectivity index (χ3v) is 6.36. The minimum absolute atomic E-state index is 0.0173. The summed E-state index contributed by atoms with van der Waals surface area (Å²) in [7, 11) is 5.20. The number of carbonyl (C=O) groups excluding carboxylic acids is 3. The van der Waals surface area contributed by atoms with E-state index in [4.69, 9.17) is 9.47 Å². The molecule has 38 heavy (non-hydrogen) atoms. The van der Waals surface area contributed by atoms with Crippen LogP contribution in [0.2, 0.25) is 0 Å². The van der Waals surface area contributed by atoms with E-state index in [1.54, 1.807) is 23.1 Å². The van der Waals surface area contributed by atoms with Crippen molar-refractivity contribution in [3.8, 4) is 11.5 Å². The van der Waals surface area contributed by atoms with Gasteiger partial charge in [0.1, 0.15) is 5.69 Å². The number of Topliss-reactive ketones (excluding diaryl/α,β-unsaturated/α-hetero) is 1. The number of nitrogens with zero attached hydrogens (tertiary/aromatic N) is 4. The van der Waals surface area contributed by atoms with E-state index in [0.717, 1.165) is 11.1 Å². The van der Waals surface area contributed by atoms with Crippen molar-refractivity contribution in [1.29, 1.82) is 0 Å². The van der Waals surface area contributed by atoms with Crippen molar-refractivity contribution < 1.29 is 23.9 Å². The van der Waals surface area contributed by atoms with E-state index in [1.807, 2.05) is 46.7 Å². The molecule has 0 fully saturated rings. The molecule has 1 aliphatic heterocycles. The standard InChI is InChI=1S/C27H34BrN5O5/c1-9-37-21-12-17-13-33(25(31-28)22(17)30-23(21)26(36)29-6)14-20(35)16-10-18(27(3,4)5)24(38-15(2)34)19(11-16)32(7)8/h10-12H,9,13-14H2,1-8H3,(H,29,36). The van der Waals surface area contributed by atoms with Crippen molar-refractivity contribution in [2.24, 2.45) is 4.02 Å². The number of aromatic nitrogens is 1. The minimum atomic E-state index is -0.430. The number of carbonyl (C=O) groups is 3. The van der Waals surface area contributed by atoms with E-state index < -0.39 is 11.4 Å². The van der Waals surface area contributed by atoms with Crippen molar-refractivity contribution in [3.05, 3.63) is 46.3 Å². The molecule has 1 aromatic carbocycles. The molecule has 0 unspecified atom stereocenters. The van der Waals surface area contributed by atoms with Gasteiger partial charge in [-0.05, 0) is 30.5 Å². The smallest absolute Gasteiger partial charge is 0.308 e. The van der Waals surface area contributed by atoms with Gasteiger partial charge in [-0.2, -0.15) is 4.02 Å². The molecule has 0 radical (unpaired) electrons. The van der Waals surface area contributed by atoms with Gasteiger partial charge in [-0.15, -0.1) is 0 Å². The Bertz CT molecular complexity index is 1300. The number of amides is 1. The zero-order valence-electron chi connectivity index (χ0n) is 23.1. The molecule has 1 aliphatic rings. The maximum Gasteiger partial charge on any atom is 0.308 e. The van der Waals surface area contributed by atoms with Gasteiger partial charge in [0.05, 0.1) is 35.0 Å². The van der Waals surface area contributed by atoms with Crippen molar-refractivity contribution >= 4 is 45.3 Å². The van der Waals surface area contributed by atoms with Crippen molar-refractivity contribution in [2.45, 2.75) is 46.6 Å². The lowest BCUT2D eigenvalue weighted by Crippen LogP contribution is -2.31. The van der Waals surface area contributed by atoms with Crippen LogP contribution in [0.5, 0.6) is 11.5 Å². The lowest BCUT2D eigenvalue weighted by molar-refractivity contribution is -0.131. The van der Waals surface area contributed by atoms with E-state index >= 15 is 0 Å². The molecule has 3 rings (SSSR count). The number of rotatable bonds is 8. The highest BCUT2D eigenvalue weighted by molar-refractivity contribution is 9.08. The van der Waals surface area contributed by atoms with Gasteiger partial charge in [-0.25, -0.2) is 4.98 Å². The molecule has 2 heterocycles. The molecular formula is C27H34BrN5O5. The minimum Gasteiger partial charge on any atom is -0.491 e. The summed E-state index contributed by atoms with van der Waals surface area (Å²) in [4.78, 5) is 46.1. The SMILES string of the molecule is CCOc1cc2c(nc1C(=O)NC)C(=NBr)N(CC(=O)c1cc(N(C)C)c(OC(C)=O)c(C(C)(C)C)c1)C2. The Morgan fingerprint density at radius 1 is 1.21 bits per heavy atom. The first-order valence-corrected chi connectivity index (χ1v) is 12.9. The van der Waals surface area contributed by atoms with E-state index in [0.29, 0.717) is 47.4 Å². The second-order valence-corrected chi connectivity index (χ2v) is 10.5. The lowest BCUT2D eigenvalue weighted by Gasteiger charge is -2.27. The number of fused-ring (bicyclic) bond motifs is 1. The van der Waals surface area contributed by atoms with Gasteiger partial charge in [0.25, 0.3) is 5.91 Å². The topological polar surface area (TPSA) is 113 Å². The van der Waals surface area contributed by atoms with Crippen LogP contribution in [0, 0.1) is 0 Å². The fraction of sp³-hybridized carbons (Fsp3) is 0.444. The molecule has 0 saturated carbocycles. The van der Waals surface area contributed by atoms with Gasteiger partial charge in [0.15, 0.2) is 28.8 Å². The summed E-state index contributed by atoms with van der Waals surface area (Å²) in [6, 6.07) is 5.30. The predicted molar refractivity (Wildman–Crippen MR) is 150 cm³/mol. The molecule has 2 aromatic rings. The first kappa shape index (κ1) is 29.1. The first-order chi connectivity index (χ1) is 17.8. The highest BCUT2D eigenvalue weighted by atomic mass is 79.9. The van der Waals surface area contributed by atoms with Crippen LogP contribution in [-0.2, 0) is 16.8 Å². The zero-order chi connectivity index (χ0) is 28.4. The van der Waals surface area contributed by atoms with E-state index in [-0.39, 0.29) is 23.9 Å². The van der Waals surface area contributed by atoms with Crippen LogP contribution in [0.25, 0.3) is 0 Å². The Hall–Kier alpha value is -3.47. The monoisotopic (exact) mass is 587 g/mol. The zero-order valence-corrected chi connectivity index (χ0v) is 24.6. The molecule has 1 N–H and O–H groups in total. The van der Waals surface area contributed by atoms with Crippen LogP contribution in [0.3, 0.4) is 0 Å². The number of halogens is 1. The number of hydrogen-bond donors (Lipinski definition) is 1. The van der Waals surface area contributed by atoms with Crippen LogP contribution in [0.15, 0.2) is 22.2 Å². The number of nitrogens with one attached hydrogen (secondary N) is 1. The van der Waals surface area contributed by atoms with Crippen molar-refractivity contribution in [2.75, 3.05) is 39.2 Å². The summed E-state index contributed by atoms with van der Waals surface area (Å²) < 4.78 is 15.5. The number of anilines is 1. The largest absolute Gasteiger partial charge is 0.491 e. The van der Waals surface area contributed by atoms with Crippen LogP contribution in [0.4, 0.5) is 5.69 Å². The number of amidine groups is 1. The molecule has 10 nitrogen and oxygen atoms in total. The van der Waals surface area contributed by atoms with E-state index in [9.17, 15) is 14.4 Å². The van der Waals surface area contributed by atoms with Gasteiger partial charge in [0.2, 0.25) is 0 Å². The number of pyridine rings is 1. The fourth-order valence-corrected chi connectivity index (χ4v) is 4.62. The molecule has 1 aromatic heterocycles. The fourth-order valence-electron chi connectivity index (χ4n) is 4.23. The number of esters is 1. The van der Waals surface area contributed by atoms with Gasteiger partial charge < -0.3 is 24.6 Å². The van der Waals surface area contributed by atoms with Gasteiger partial charge >= 0.3 is 5.97 Å². The third kappa shape index (κ3) is 5.98. The third-order valence-electron chi connectivity index (χ3n) is 6.02. The number of ketones is 1. The normalized spacial score (nSPS) is 13.8. The molecule has 0 spiro atoms. The summed E-state index contributed by atoms with van der Waals surface area (Å²) in [5.74, 6) is 0.309. The van der Waals surface area contributed by atoms with Crippen LogP contribution >= 0.6 is 16.1 Å². The quantitative estimate of drug-likeness (QED) is 0.281. The van der Waals surface area contributed by atoms with Crippen molar-refractivity contribution in [3.63, 3.8) is 0 Å². The summed E-state index contributed by atoms with van der Waals surface area (Å²) in [6.07, 6.45) is 0. The van der Waals surface area contributed by atoms with Crippen LogP contribution < -0.4 is 19.7 Å². The Kier molecular flexibility index (Phi) is 8.81. The average molecular weight is 589 g/mol. The highest BCUT2D eigenvalue weighted by Crippen LogP contribution is 2.40. The number of hydrogen-bond acceptors (Lipinski definition) is 8. The Morgan fingerprint density at radius 2 is 1.89 bits per heavy atom. The first-order valence-electron chi connectivity index (χ1n) is 12.2. The van der Waals surface area contributed by atoms with Gasteiger partial charge in [0, 0.05) is 51.3 Å². The summed E-state index contributed by atoms with van der Waals surface area (Å²) in [5, 5.41) is 2.58. The van der Waals surface area contributed by atoms with Crippen LogP contribution in [0.1, 0.15) is 72.3 Å². The Balaban J connectivity index is 2.01. The number of ether oxygens (including phenoxy) is 2. The molecule has 11 heteroatoms. The van der Waals surface area contributed by atoms with Gasteiger partial charge in [-0.1, -0.05) is 20.8 Å². The Labute approximate surface area is 231 Å². The maximum absolute atomic E-state index is 13.6. The Morgan fingerprint density at radius 3 is 2.42 bits per heavy atom. The summed E-state index contributed by atoms with van der Waals surface area (Å²) in [6.45, 7) is 9.95. The second-order valence-electron chi connectivity index (χ2n) is 10.2. The molecule has 0 aliphatic carbocycles. The predicted octanol–water partition coefficient (Wildman–Crippen LogP) is 3.88. The van der Waals surface area contributed by atoms with E-state index in [2.05, 4.69) is 30.5 Å². The summed E-state index contributed by atoms with van der Waals surface area (Å²) >= 11 is 3.17. The summed E-state index contributed by atoms with van der Waals surface area (Å²) in [5.41, 5.74) is 2.92. The molecule has 204 valence electrons. The highest BCUT2D eigenvalue weighted by Gasteiger charge is 2.33. The molecule has 1 amide bonds. The average Bonchev–Trinajstić information content (AvgIpc) is 3.17. The van der Waals surface area contributed by atoms with Crippen molar-refractivity contribution in [1.82, 2.24) is 15.2 Å². The molecule has 0 saturated heterocycles. The van der Waals surface area contributed by atoms with Crippen LogP contribution in [-0.4, -0.2) is 67.7 Å². The lowest BCUT2D eigenvalue weighted by atomic mass is 9.84. The molecule has 0 atom stereocenters. The number of benzene rings is 1. The molecular weight excluding hydrogens is 554 g/mol.